The third-order valence-corrected chi connectivity index (χ3v) is 11.6. The van der Waals surface area contributed by atoms with E-state index in [-0.39, 0.29) is 36.6 Å². The smallest absolute Gasteiger partial charge is 0 e. The van der Waals surface area contributed by atoms with Crippen LogP contribution in [0.5, 0.6) is 0 Å². The number of aryl methyl sites for hydroxylation is 1. The summed E-state index contributed by atoms with van der Waals surface area (Å²) in [6, 6.07) is 21.8. The molecular formula is C38H38F2GeIrN2O-2. The number of pyridine rings is 2. The van der Waals surface area contributed by atoms with E-state index in [1.165, 1.54) is 16.5 Å². The summed E-state index contributed by atoms with van der Waals surface area (Å²) in [6.45, 7) is 5.24. The molecule has 0 aliphatic heterocycles. The van der Waals surface area contributed by atoms with E-state index in [1.54, 1.807) is 56.4 Å². The second-order valence-corrected chi connectivity index (χ2v) is 22.8. The van der Waals surface area contributed by atoms with Gasteiger partial charge >= 0.3 is 131 Å². The standard InChI is InChI=1S/C20H14F2NO.C18H24GeN.Ir/c1-11(2)12-6-7-23-17(8-12)14-4-3-5-15-19-16(22)9-13(21)10-18(19)24-20(14)15;1-13(2)16-11-18(15-9-7-14(3)8-10-15)20-12-17(16)19(4,5)6;/h3,5-11H,1-2H3;7-9,11-13H,1-6H3;/q2*-1;/i11D;3D3,13D;. The molecule has 3 aromatic heterocycles. The van der Waals surface area contributed by atoms with Crippen LogP contribution < -0.4 is 4.40 Å². The molecule has 0 spiro atoms. The molecule has 0 saturated carbocycles. The van der Waals surface area contributed by atoms with Crippen LogP contribution in [-0.2, 0) is 20.1 Å². The quantitative estimate of drug-likeness (QED) is 0.128. The van der Waals surface area contributed by atoms with Crippen molar-refractivity contribution >= 4 is 39.6 Å². The second kappa shape index (κ2) is 14.1. The van der Waals surface area contributed by atoms with Crippen LogP contribution in [0.3, 0.4) is 0 Å². The summed E-state index contributed by atoms with van der Waals surface area (Å²) in [4.78, 5) is 8.91. The van der Waals surface area contributed by atoms with Crippen LogP contribution in [0.25, 0.3) is 44.5 Å². The molecule has 1 radical (unpaired) electrons. The van der Waals surface area contributed by atoms with Gasteiger partial charge in [-0.3, -0.25) is 0 Å². The molecule has 0 unspecified atom stereocenters. The number of benzene rings is 3. The van der Waals surface area contributed by atoms with Gasteiger partial charge in [0.2, 0.25) is 0 Å². The Morgan fingerprint density at radius 1 is 0.911 bits per heavy atom. The molecule has 45 heavy (non-hydrogen) atoms. The first-order chi connectivity index (χ1) is 22.6. The molecule has 0 bridgehead atoms. The molecule has 0 saturated heterocycles. The first kappa shape index (κ1) is 28.1. The van der Waals surface area contributed by atoms with E-state index < -0.39 is 43.5 Å². The van der Waals surface area contributed by atoms with E-state index in [4.69, 9.17) is 11.3 Å². The van der Waals surface area contributed by atoms with E-state index >= 15 is 0 Å². The predicted molar refractivity (Wildman–Crippen MR) is 180 cm³/mol. The number of fused-ring (bicyclic) bond motifs is 3. The number of nitrogens with zero attached hydrogens (tertiary/aromatic N) is 2. The SMILES string of the molecule is [2H]C(C)(C)c1ccnc(-c2[c-]ccc3c2oc2cc(F)cc(F)c23)c1.[2H]C([2H])([2H])c1c[c-]c(-c2cc(C([2H])(C)C)[c]([Ge]([CH3])([CH3])[CH3])cn2)cc1.[Ir]. The third-order valence-electron chi connectivity index (χ3n) is 7.38. The maximum absolute atomic E-state index is 14.2. The number of aromatic nitrogens is 2. The molecule has 7 heteroatoms. The number of furan rings is 1. The Morgan fingerprint density at radius 2 is 1.69 bits per heavy atom. The molecule has 0 amide bonds. The van der Waals surface area contributed by atoms with Crippen molar-refractivity contribution < 1.29 is 40.2 Å². The van der Waals surface area contributed by atoms with Crippen LogP contribution in [0.4, 0.5) is 8.78 Å². The molecule has 0 aliphatic carbocycles. The molecule has 235 valence electrons. The van der Waals surface area contributed by atoms with Crippen molar-refractivity contribution in [1.29, 1.82) is 0 Å². The summed E-state index contributed by atoms with van der Waals surface area (Å²) in [5.41, 5.74) is 5.22. The number of halogens is 2. The van der Waals surface area contributed by atoms with Crippen LogP contribution in [0.15, 0.2) is 77.5 Å². The molecule has 6 rings (SSSR count). The minimum absolute atomic E-state index is 0. The predicted octanol–water partition coefficient (Wildman–Crippen LogP) is 10.4. The molecule has 3 nitrogen and oxygen atoms in total. The van der Waals surface area contributed by atoms with Gasteiger partial charge in [-0.2, -0.15) is 0 Å². The molecule has 3 aromatic carbocycles. The Bertz CT molecular complexity index is 2150. The van der Waals surface area contributed by atoms with Gasteiger partial charge in [-0.1, -0.05) is 36.4 Å². The molecule has 3 heterocycles. The van der Waals surface area contributed by atoms with Crippen molar-refractivity contribution in [3.05, 3.63) is 114 Å². The number of rotatable bonds is 5. The summed E-state index contributed by atoms with van der Waals surface area (Å²) in [6.07, 6.45) is 3.53. The Kier molecular flexibility index (Phi) is 8.77. The Hall–Kier alpha value is -3.19. The number of hydrogen-bond acceptors (Lipinski definition) is 3. The van der Waals surface area contributed by atoms with Crippen molar-refractivity contribution in [3.8, 4) is 22.5 Å². The fourth-order valence-electron chi connectivity index (χ4n) is 5.06. The zero-order valence-corrected chi connectivity index (χ0v) is 30.8. The Morgan fingerprint density at radius 3 is 2.33 bits per heavy atom. The zero-order chi connectivity index (χ0) is 36.1. The van der Waals surface area contributed by atoms with Gasteiger partial charge in [0.05, 0.1) is 5.58 Å². The molecular weight excluding hydrogens is 803 g/mol. The maximum atomic E-state index is 14.2. The maximum Gasteiger partial charge on any atom is 0 e. The summed E-state index contributed by atoms with van der Waals surface area (Å²) in [5.74, 6) is 4.04. The van der Waals surface area contributed by atoms with Gasteiger partial charge in [-0.15, -0.1) is 18.2 Å². The Labute approximate surface area is 288 Å². The molecule has 0 fully saturated rings. The first-order valence-electron chi connectivity index (χ1n) is 16.9. The van der Waals surface area contributed by atoms with Crippen LogP contribution in [0.2, 0.25) is 17.3 Å². The summed E-state index contributed by atoms with van der Waals surface area (Å²) in [7, 11) is 0. The van der Waals surface area contributed by atoms with Crippen LogP contribution in [-0.4, -0.2) is 23.2 Å². The van der Waals surface area contributed by atoms with Gasteiger partial charge in [-0.25, -0.2) is 8.78 Å². The summed E-state index contributed by atoms with van der Waals surface area (Å²) >= 11 is -2.14. The zero-order valence-electron chi connectivity index (χ0n) is 31.3. The fraction of sp³-hybridized carbons (Fsp3) is 0.263. The van der Waals surface area contributed by atoms with Crippen molar-refractivity contribution in [2.45, 2.75) is 63.6 Å². The van der Waals surface area contributed by atoms with Crippen molar-refractivity contribution in [2.24, 2.45) is 0 Å². The summed E-state index contributed by atoms with van der Waals surface area (Å²) in [5, 5.41) is 0.780. The minimum Gasteiger partial charge on any atom is 0 e. The topological polar surface area (TPSA) is 38.9 Å². The molecule has 0 N–H and O–H groups in total. The van der Waals surface area contributed by atoms with Gasteiger partial charge in [0.1, 0.15) is 17.2 Å². The van der Waals surface area contributed by atoms with E-state index in [0.717, 1.165) is 28.5 Å². The van der Waals surface area contributed by atoms with Crippen molar-refractivity contribution in [3.63, 3.8) is 0 Å². The van der Waals surface area contributed by atoms with Crippen LogP contribution >= 0.6 is 0 Å². The first-order valence-corrected chi connectivity index (χ1v) is 21.7. The number of hydrogen-bond donors (Lipinski definition) is 0. The summed E-state index contributed by atoms with van der Waals surface area (Å²) < 4.78 is 73.7. The molecule has 6 aromatic rings. The van der Waals surface area contributed by atoms with E-state index in [9.17, 15) is 8.78 Å². The normalized spacial score (nSPS) is 13.9. The van der Waals surface area contributed by atoms with Gasteiger partial charge in [0.15, 0.2) is 0 Å². The minimum atomic E-state index is -2.14. The van der Waals surface area contributed by atoms with Gasteiger partial charge < -0.3 is 9.40 Å². The molecule has 0 aliphatic rings. The van der Waals surface area contributed by atoms with E-state index in [1.807, 2.05) is 26.1 Å². The van der Waals surface area contributed by atoms with Gasteiger partial charge in [0, 0.05) is 45.2 Å². The second-order valence-electron chi connectivity index (χ2n) is 12.2. The fourth-order valence-corrected chi connectivity index (χ4v) is 8.37. The Balaban J connectivity index is 0.000000221. The molecule has 0 atom stereocenters. The van der Waals surface area contributed by atoms with E-state index in [2.05, 4.69) is 39.4 Å². The van der Waals surface area contributed by atoms with Crippen molar-refractivity contribution in [2.75, 3.05) is 0 Å². The average Bonchev–Trinajstić information content (AvgIpc) is 3.38. The average molecular weight is 847 g/mol. The van der Waals surface area contributed by atoms with Gasteiger partial charge in [-0.05, 0) is 17.7 Å². The van der Waals surface area contributed by atoms with Gasteiger partial charge in [0.25, 0.3) is 0 Å². The monoisotopic (exact) mass is 848 g/mol. The van der Waals surface area contributed by atoms with E-state index in [0.29, 0.717) is 22.2 Å². The van der Waals surface area contributed by atoms with Crippen molar-refractivity contribution in [1.82, 2.24) is 9.97 Å². The van der Waals surface area contributed by atoms with Crippen LogP contribution in [0, 0.1) is 30.6 Å². The third kappa shape index (κ3) is 7.62. The largest absolute Gasteiger partial charge is 0 e. The van der Waals surface area contributed by atoms with Crippen LogP contribution in [0.1, 0.15) is 63.0 Å².